The zero-order chi connectivity index (χ0) is 28.1. The third kappa shape index (κ3) is 5.52. The number of nitrogen functional groups attached to an aromatic ring is 1. The molecule has 1 aliphatic heterocycles. The number of carbonyl (C=O) groups excluding carboxylic acids is 2. The second kappa shape index (κ2) is 11.8. The van der Waals surface area contributed by atoms with Crippen molar-refractivity contribution in [3.8, 4) is 17.5 Å². The number of carbonyl (C=O) groups is 2. The summed E-state index contributed by atoms with van der Waals surface area (Å²) in [6.07, 6.45) is 3.89. The van der Waals surface area contributed by atoms with Crippen LogP contribution in [0.25, 0.3) is 16.6 Å². The maximum Gasteiger partial charge on any atom is 0.274 e. The van der Waals surface area contributed by atoms with Crippen molar-refractivity contribution in [3.05, 3.63) is 88.4 Å². The Balaban J connectivity index is 1.51. The molecule has 1 saturated heterocycles. The van der Waals surface area contributed by atoms with Gasteiger partial charge in [0.1, 0.15) is 11.9 Å². The van der Waals surface area contributed by atoms with E-state index in [-0.39, 0.29) is 29.5 Å². The highest BCUT2D eigenvalue weighted by Crippen LogP contribution is 2.20. The first-order valence-electron chi connectivity index (χ1n) is 12.8. The van der Waals surface area contributed by atoms with Crippen LogP contribution in [0.3, 0.4) is 0 Å². The van der Waals surface area contributed by atoms with E-state index in [0.717, 1.165) is 6.42 Å². The predicted octanol–water partition coefficient (Wildman–Crippen LogP) is 1.90. The van der Waals surface area contributed by atoms with Crippen LogP contribution in [0.1, 0.15) is 47.7 Å². The highest BCUT2D eigenvalue weighted by Gasteiger charge is 2.24. The minimum atomic E-state index is -0.700. The molecule has 1 aliphatic rings. The summed E-state index contributed by atoms with van der Waals surface area (Å²) in [6.45, 7) is 2.42. The smallest absolute Gasteiger partial charge is 0.274 e. The lowest BCUT2D eigenvalue weighted by Gasteiger charge is -2.20. The number of nitrogens with zero attached hydrogens (tertiary/aromatic N) is 4. The highest BCUT2D eigenvalue weighted by atomic mass is 16.5. The zero-order valence-electron chi connectivity index (χ0n) is 21.8. The van der Waals surface area contributed by atoms with Crippen LogP contribution in [0, 0.1) is 11.8 Å². The quantitative estimate of drug-likeness (QED) is 0.315. The number of hydrogen-bond donors (Lipinski definition) is 3. The van der Waals surface area contributed by atoms with Crippen LogP contribution in [0.4, 0.5) is 5.82 Å². The number of ether oxygens (including phenoxy) is 1. The van der Waals surface area contributed by atoms with Gasteiger partial charge in [0.05, 0.1) is 29.2 Å². The van der Waals surface area contributed by atoms with Gasteiger partial charge in [0, 0.05) is 24.6 Å². The summed E-state index contributed by atoms with van der Waals surface area (Å²) >= 11 is 0. The minimum Gasteiger partial charge on any atom is -0.382 e. The molecule has 4 N–H and O–H groups in total. The molecule has 2 aromatic heterocycles. The van der Waals surface area contributed by atoms with E-state index in [0.29, 0.717) is 41.0 Å². The number of rotatable bonds is 6. The Kier molecular flexibility index (Phi) is 7.80. The van der Waals surface area contributed by atoms with Crippen molar-refractivity contribution in [1.29, 1.82) is 0 Å². The Morgan fingerprint density at radius 2 is 1.95 bits per heavy atom. The molecule has 11 heteroatoms. The fourth-order valence-electron chi connectivity index (χ4n) is 4.49. The summed E-state index contributed by atoms with van der Waals surface area (Å²) in [6, 6.07) is 13.5. The molecular weight excluding hydrogens is 510 g/mol. The van der Waals surface area contributed by atoms with Gasteiger partial charge >= 0.3 is 0 Å². The summed E-state index contributed by atoms with van der Waals surface area (Å²) < 4.78 is 6.85. The fraction of sp³-hybridized carbons (Fsp3) is 0.241. The minimum absolute atomic E-state index is 0.00528. The molecule has 11 nitrogen and oxygen atoms in total. The Bertz CT molecular complexity index is 1690. The number of anilines is 1. The fourth-order valence-corrected chi connectivity index (χ4v) is 4.49. The van der Waals surface area contributed by atoms with E-state index in [1.807, 2.05) is 18.2 Å². The second-order valence-corrected chi connectivity index (χ2v) is 9.15. The van der Waals surface area contributed by atoms with Crippen molar-refractivity contribution in [2.45, 2.75) is 31.9 Å². The van der Waals surface area contributed by atoms with Crippen LogP contribution in [-0.2, 0) is 9.53 Å². The predicted molar refractivity (Wildman–Crippen MR) is 149 cm³/mol. The molecule has 2 atom stereocenters. The summed E-state index contributed by atoms with van der Waals surface area (Å²) in [4.78, 5) is 51.8. The summed E-state index contributed by atoms with van der Waals surface area (Å²) in [7, 11) is 0. The molecule has 1 unspecified atom stereocenters. The standard InChI is InChI=1S/C29H27N7O4/c1-18(34-28(38)24-25(30)32-16-15-31-24)26-35-21-12-5-8-19(9-6-14-33-27(37)22-13-7-17-40-22)23(21)29(39)36(26)20-10-3-2-4-11-20/h2-5,8,10-12,15-16,18,22H,7,13-14,17H2,1H3,(H2,30,32)(H,33,37)(H,34,38)/t18?,22-/m1/s1. The van der Waals surface area contributed by atoms with E-state index < -0.39 is 18.1 Å². The van der Waals surface area contributed by atoms with Gasteiger partial charge in [-0.3, -0.25) is 19.0 Å². The van der Waals surface area contributed by atoms with Crippen LogP contribution in [-0.4, -0.2) is 50.6 Å². The molecule has 3 heterocycles. The van der Waals surface area contributed by atoms with Gasteiger partial charge in [0.2, 0.25) is 5.91 Å². The number of amides is 2. The number of nitrogens with two attached hydrogens (primary N) is 1. The Morgan fingerprint density at radius 1 is 1.15 bits per heavy atom. The first-order valence-corrected chi connectivity index (χ1v) is 12.8. The first kappa shape index (κ1) is 26.5. The van der Waals surface area contributed by atoms with Gasteiger partial charge in [-0.2, -0.15) is 0 Å². The zero-order valence-corrected chi connectivity index (χ0v) is 21.8. The largest absolute Gasteiger partial charge is 0.382 e. The molecule has 202 valence electrons. The average molecular weight is 538 g/mol. The highest BCUT2D eigenvalue weighted by molar-refractivity contribution is 5.96. The Morgan fingerprint density at radius 3 is 2.70 bits per heavy atom. The molecule has 2 amide bonds. The van der Waals surface area contributed by atoms with Crippen molar-refractivity contribution in [2.75, 3.05) is 18.9 Å². The van der Waals surface area contributed by atoms with Crippen molar-refractivity contribution < 1.29 is 14.3 Å². The lowest BCUT2D eigenvalue weighted by atomic mass is 10.1. The molecule has 0 saturated carbocycles. The Labute approximate surface area is 229 Å². The van der Waals surface area contributed by atoms with E-state index in [4.69, 9.17) is 15.5 Å². The SMILES string of the molecule is CC(NC(=O)c1nccnc1N)c1nc2cccc(C#CCNC(=O)[C@H]3CCCO3)c2c(=O)n1-c1ccccc1. The van der Waals surface area contributed by atoms with Crippen LogP contribution in [0.2, 0.25) is 0 Å². The van der Waals surface area contributed by atoms with Gasteiger partial charge < -0.3 is 21.1 Å². The number of nitrogens with one attached hydrogen (secondary N) is 2. The maximum absolute atomic E-state index is 14.0. The second-order valence-electron chi connectivity index (χ2n) is 9.15. The molecule has 0 radical (unpaired) electrons. The van der Waals surface area contributed by atoms with Gasteiger partial charge in [0.25, 0.3) is 11.5 Å². The van der Waals surface area contributed by atoms with E-state index in [9.17, 15) is 14.4 Å². The normalized spacial score (nSPS) is 15.2. The number of fused-ring (bicyclic) bond motifs is 1. The maximum atomic E-state index is 14.0. The van der Waals surface area contributed by atoms with Crippen molar-refractivity contribution in [1.82, 2.24) is 30.2 Å². The van der Waals surface area contributed by atoms with Gasteiger partial charge in [-0.05, 0) is 44.0 Å². The number of para-hydroxylation sites is 1. The molecule has 1 fully saturated rings. The molecule has 5 rings (SSSR count). The van der Waals surface area contributed by atoms with Gasteiger partial charge in [-0.25, -0.2) is 15.0 Å². The number of benzene rings is 2. The van der Waals surface area contributed by atoms with Crippen molar-refractivity contribution in [3.63, 3.8) is 0 Å². The molecule has 2 aromatic carbocycles. The summed E-state index contributed by atoms with van der Waals surface area (Å²) in [5, 5.41) is 5.91. The molecule has 4 aromatic rings. The lowest BCUT2D eigenvalue weighted by molar-refractivity contribution is -0.129. The van der Waals surface area contributed by atoms with Gasteiger partial charge in [-0.15, -0.1) is 0 Å². The van der Waals surface area contributed by atoms with E-state index in [2.05, 4.69) is 32.4 Å². The van der Waals surface area contributed by atoms with E-state index in [1.54, 1.807) is 37.3 Å². The molecule has 0 aliphatic carbocycles. The van der Waals surface area contributed by atoms with Crippen molar-refractivity contribution in [2.24, 2.45) is 0 Å². The Hall–Kier alpha value is -5.08. The lowest BCUT2D eigenvalue weighted by Crippen LogP contribution is -2.34. The summed E-state index contributed by atoms with van der Waals surface area (Å²) in [5.74, 6) is 5.50. The van der Waals surface area contributed by atoms with E-state index in [1.165, 1.54) is 17.0 Å². The van der Waals surface area contributed by atoms with Crippen molar-refractivity contribution >= 4 is 28.5 Å². The van der Waals surface area contributed by atoms with E-state index >= 15 is 0 Å². The number of aromatic nitrogens is 4. The average Bonchev–Trinajstić information content (AvgIpc) is 3.51. The third-order valence-electron chi connectivity index (χ3n) is 6.41. The van der Waals surface area contributed by atoms with Crippen LogP contribution < -0.4 is 21.9 Å². The molecule has 0 bridgehead atoms. The third-order valence-corrected chi connectivity index (χ3v) is 6.41. The summed E-state index contributed by atoms with van der Waals surface area (Å²) in [5.41, 5.74) is 6.92. The van der Waals surface area contributed by atoms with Crippen LogP contribution in [0.5, 0.6) is 0 Å². The first-order chi connectivity index (χ1) is 19.4. The monoisotopic (exact) mass is 537 g/mol. The molecule has 0 spiro atoms. The van der Waals surface area contributed by atoms with Crippen LogP contribution in [0.15, 0.2) is 65.7 Å². The van der Waals surface area contributed by atoms with Crippen LogP contribution >= 0.6 is 0 Å². The molecule has 40 heavy (non-hydrogen) atoms. The molecular formula is C29H27N7O4. The van der Waals surface area contributed by atoms with Gasteiger partial charge in [-0.1, -0.05) is 36.1 Å². The van der Waals surface area contributed by atoms with Gasteiger partial charge in [0.15, 0.2) is 11.5 Å². The topological polar surface area (TPSA) is 154 Å². The number of hydrogen-bond acceptors (Lipinski definition) is 8.